The molecule has 1 fully saturated rings. The molecule has 0 bridgehead atoms. The number of hydrogen-bond donors (Lipinski definition) is 2. The van der Waals surface area contributed by atoms with Crippen LogP contribution < -0.4 is 15.4 Å². The SMILES string of the molecule is CC1COCCN1c1nc(-c2cnc(N)cc2C(F)(F)F)nc2ccc(-c3cccc(C(F)CCNS(=O)[O-])c3F)nc12. The van der Waals surface area contributed by atoms with Gasteiger partial charge in [-0.25, -0.2) is 33.4 Å². The van der Waals surface area contributed by atoms with Crippen molar-refractivity contribution >= 4 is 33.9 Å². The summed E-state index contributed by atoms with van der Waals surface area (Å²) >= 11 is -2.58. The van der Waals surface area contributed by atoms with Crippen LogP contribution in [0.25, 0.3) is 33.7 Å². The summed E-state index contributed by atoms with van der Waals surface area (Å²) in [7, 11) is 0. The molecule has 5 rings (SSSR count). The van der Waals surface area contributed by atoms with Gasteiger partial charge in [-0.2, -0.15) is 13.2 Å². The van der Waals surface area contributed by atoms with Crippen LogP contribution in [0.4, 0.5) is 33.6 Å². The molecular weight excluding hydrogens is 597 g/mol. The molecule has 0 spiro atoms. The van der Waals surface area contributed by atoms with Gasteiger partial charge in [0.15, 0.2) is 11.6 Å². The number of fused-ring (bicyclic) bond motifs is 1. The van der Waals surface area contributed by atoms with Crippen LogP contribution in [-0.2, 0) is 22.2 Å². The van der Waals surface area contributed by atoms with Crippen molar-refractivity contribution in [3.63, 3.8) is 0 Å². The predicted molar refractivity (Wildman–Crippen MR) is 148 cm³/mol. The Kier molecular flexibility index (Phi) is 8.82. The molecule has 10 nitrogen and oxygen atoms in total. The van der Waals surface area contributed by atoms with Gasteiger partial charge in [0.2, 0.25) is 0 Å². The molecular formula is C27H25F5N7O3S-. The van der Waals surface area contributed by atoms with Crippen molar-refractivity contribution < 1.29 is 35.5 Å². The number of nitrogens with zero attached hydrogens (tertiary/aromatic N) is 5. The van der Waals surface area contributed by atoms with E-state index in [0.717, 1.165) is 6.20 Å². The highest BCUT2D eigenvalue weighted by Gasteiger charge is 2.36. The number of nitrogens with two attached hydrogens (primary N) is 1. The van der Waals surface area contributed by atoms with Crippen LogP contribution in [0.5, 0.6) is 0 Å². The standard InChI is InChI=1S/C27H26F5N7O3S/c1-14-13-42-10-9-39(14)26-24-21(37-25(38-26)17-12-34-22(33)11-18(17)27(30,31)32)6-5-20(36-24)16-4-2-3-15(23(16)29)19(28)7-8-35-43(40)41/h2-6,11-12,14,19,35H,7-10,13H2,1H3,(H2,33,34)(H,40,41)/p-1. The average Bonchev–Trinajstić information content (AvgIpc) is 2.96. The van der Waals surface area contributed by atoms with E-state index < -0.39 is 35.0 Å². The van der Waals surface area contributed by atoms with Crippen LogP contribution in [0.2, 0.25) is 0 Å². The summed E-state index contributed by atoms with van der Waals surface area (Å²) in [5.74, 6) is -1.25. The van der Waals surface area contributed by atoms with Crippen LogP contribution in [-0.4, -0.2) is 61.0 Å². The van der Waals surface area contributed by atoms with Gasteiger partial charge < -0.3 is 19.9 Å². The number of ether oxygens (including phenoxy) is 1. The van der Waals surface area contributed by atoms with Gasteiger partial charge in [0.05, 0.1) is 36.0 Å². The number of anilines is 2. The Morgan fingerprint density at radius 2 is 2.00 bits per heavy atom. The number of aromatic nitrogens is 4. The summed E-state index contributed by atoms with van der Waals surface area (Å²) in [6, 6.07) is 7.49. The smallest absolute Gasteiger partial charge is 0.417 e. The Labute approximate surface area is 244 Å². The summed E-state index contributed by atoms with van der Waals surface area (Å²) < 4.78 is 101. The maximum Gasteiger partial charge on any atom is 0.417 e. The third-order valence-corrected chi connectivity index (χ3v) is 7.33. The lowest BCUT2D eigenvalue weighted by Crippen LogP contribution is -2.44. The van der Waals surface area contributed by atoms with E-state index in [1.807, 2.05) is 16.5 Å². The summed E-state index contributed by atoms with van der Waals surface area (Å²) in [5.41, 5.74) is 4.29. The normalized spacial score (nSPS) is 17.3. The zero-order valence-corrected chi connectivity index (χ0v) is 23.4. The van der Waals surface area contributed by atoms with Gasteiger partial charge in [-0.15, -0.1) is 0 Å². The van der Waals surface area contributed by atoms with E-state index in [0.29, 0.717) is 25.8 Å². The van der Waals surface area contributed by atoms with Crippen molar-refractivity contribution in [3.8, 4) is 22.6 Å². The molecule has 3 aromatic heterocycles. The number of benzene rings is 1. The second kappa shape index (κ2) is 12.4. The summed E-state index contributed by atoms with van der Waals surface area (Å²) in [4.78, 5) is 19.1. The molecule has 0 amide bonds. The fourth-order valence-electron chi connectivity index (χ4n) is 4.81. The van der Waals surface area contributed by atoms with Gasteiger partial charge in [-0.1, -0.05) is 12.1 Å². The molecule has 1 aliphatic rings. The Bertz CT molecular complexity index is 1680. The molecule has 4 aromatic rings. The fourth-order valence-corrected chi connectivity index (χ4v) is 5.09. The van der Waals surface area contributed by atoms with Crippen LogP contribution in [0.15, 0.2) is 42.6 Å². The van der Waals surface area contributed by atoms with Gasteiger partial charge in [0, 0.05) is 47.2 Å². The molecule has 1 saturated heterocycles. The van der Waals surface area contributed by atoms with E-state index in [-0.39, 0.29) is 69.9 Å². The van der Waals surface area contributed by atoms with Crippen molar-refractivity contribution in [2.75, 3.05) is 36.9 Å². The van der Waals surface area contributed by atoms with E-state index in [1.54, 1.807) is 0 Å². The lowest BCUT2D eigenvalue weighted by Gasteiger charge is -2.34. The number of pyridine rings is 2. The topological polar surface area (TPSA) is 142 Å². The molecule has 3 atom stereocenters. The Balaban J connectivity index is 1.64. The van der Waals surface area contributed by atoms with Crippen molar-refractivity contribution in [2.24, 2.45) is 0 Å². The first-order valence-electron chi connectivity index (χ1n) is 13.1. The first kappa shape index (κ1) is 30.6. The number of morpholine rings is 1. The highest BCUT2D eigenvalue weighted by Crippen LogP contribution is 2.39. The number of nitrogens with one attached hydrogen (secondary N) is 1. The Morgan fingerprint density at radius 1 is 1.21 bits per heavy atom. The third-order valence-electron chi connectivity index (χ3n) is 6.89. The monoisotopic (exact) mass is 622 g/mol. The second-order valence-corrected chi connectivity index (χ2v) is 10.6. The van der Waals surface area contributed by atoms with Gasteiger partial charge in [0.1, 0.15) is 23.3 Å². The molecule has 4 heterocycles. The lowest BCUT2D eigenvalue weighted by atomic mass is 10.0. The van der Waals surface area contributed by atoms with Crippen LogP contribution in [0.3, 0.4) is 0 Å². The summed E-state index contributed by atoms with van der Waals surface area (Å²) in [6.45, 7) is 2.62. The number of rotatable bonds is 8. The number of hydrogen-bond acceptors (Lipinski definition) is 9. The Morgan fingerprint density at radius 3 is 2.72 bits per heavy atom. The molecule has 43 heavy (non-hydrogen) atoms. The van der Waals surface area contributed by atoms with Gasteiger partial charge >= 0.3 is 6.18 Å². The molecule has 3 N–H and O–H groups in total. The van der Waals surface area contributed by atoms with E-state index in [2.05, 4.69) is 19.9 Å². The largest absolute Gasteiger partial charge is 0.760 e. The maximum absolute atomic E-state index is 15.6. The van der Waals surface area contributed by atoms with Gasteiger partial charge in [-0.05, 0) is 37.6 Å². The molecule has 228 valence electrons. The van der Waals surface area contributed by atoms with E-state index in [1.165, 1.54) is 30.3 Å². The summed E-state index contributed by atoms with van der Waals surface area (Å²) in [6.07, 6.45) is -5.90. The quantitative estimate of drug-likeness (QED) is 0.215. The second-order valence-electron chi connectivity index (χ2n) is 9.80. The highest BCUT2D eigenvalue weighted by atomic mass is 32.2. The van der Waals surface area contributed by atoms with Crippen LogP contribution >= 0.6 is 0 Å². The first-order chi connectivity index (χ1) is 20.4. The fraction of sp³-hybridized carbons (Fsp3) is 0.333. The Hall–Kier alpha value is -3.86. The minimum absolute atomic E-state index is 0.0328. The minimum atomic E-state index is -4.77. The average molecular weight is 623 g/mol. The summed E-state index contributed by atoms with van der Waals surface area (Å²) in [5, 5.41) is 0. The number of alkyl halides is 4. The number of nitrogen functional groups attached to an aromatic ring is 1. The van der Waals surface area contributed by atoms with Crippen molar-refractivity contribution in [1.82, 2.24) is 24.7 Å². The molecule has 0 radical (unpaired) electrons. The lowest BCUT2D eigenvalue weighted by molar-refractivity contribution is -0.137. The number of halogens is 5. The van der Waals surface area contributed by atoms with Gasteiger partial charge in [-0.3, -0.25) is 4.21 Å². The minimum Gasteiger partial charge on any atom is -0.760 e. The predicted octanol–water partition coefficient (Wildman–Crippen LogP) is 4.50. The van der Waals surface area contributed by atoms with Crippen molar-refractivity contribution in [2.45, 2.75) is 31.7 Å². The van der Waals surface area contributed by atoms with E-state index in [9.17, 15) is 26.3 Å². The molecule has 0 aliphatic carbocycles. The molecule has 16 heteroatoms. The molecule has 1 aliphatic heterocycles. The van der Waals surface area contributed by atoms with Crippen LogP contribution in [0.1, 0.15) is 30.6 Å². The highest BCUT2D eigenvalue weighted by molar-refractivity contribution is 7.77. The molecule has 1 aromatic carbocycles. The van der Waals surface area contributed by atoms with E-state index >= 15 is 4.39 Å². The van der Waals surface area contributed by atoms with Gasteiger partial charge in [0.25, 0.3) is 0 Å². The van der Waals surface area contributed by atoms with Crippen molar-refractivity contribution in [1.29, 1.82) is 0 Å². The van der Waals surface area contributed by atoms with E-state index in [4.69, 9.17) is 10.5 Å². The first-order valence-corrected chi connectivity index (χ1v) is 14.1. The zero-order chi connectivity index (χ0) is 30.9. The maximum atomic E-state index is 15.6. The molecule has 0 saturated carbocycles. The van der Waals surface area contributed by atoms with Crippen LogP contribution in [0, 0.1) is 5.82 Å². The molecule has 3 unspecified atom stereocenters. The zero-order valence-electron chi connectivity index (χ0n) is 22.6. The third kappa shape index (κ3) is 6.56. The van der Waals surface area contributed by atoms with Crippen molar-refractivity contribution in [3.05, 3.63) is 59.5 Å².